The molecule has 0 radical (unpaired) electrons. The summed E-state index contributed by atoms with van der Waals surface area (Å²) in [5.74, 6) is -0.529. The van der Waals surface area contributed by atoms with Gasteiger partial charge in [0, 0.05) is 11.5 Å². The summed E-state index contributed by atoms with van der Waals surface area (Å²) in [5, 5.41) is 3.86. The highest BCUT2D eigenvalue weighted by Gasteiger charge is 2.55. The third-order valence-electron chi connectivity index (χ3n) is 7.49. The van der Waals surface area contributed by atoms with Gasteiger partial charge in [-0.1, -0.05) is 48.3 Å². The normalized spacial score (nSPS) is 24.1. The number of likely N-dealkylation sites (tertiary alicyclic amines) is 1. The molecule has 0 aromatic heterocycles. The number of benzene rings is 1. The topological polar surface area (TPSA) is 123 Å². The molecule has 1 aromatic carbocycles. The van der Waals surface area contributed by atoms with Gasteiger partial charge in [-0.05, 0) is 78.7 Å². The van der Waals surface area contributed by atoms with Crippen molar-refractivity contribution in [2.45, 2.75) is 115 Å². The van der Waals surface area contributed by atoms with Crippen molar-refractivity contribution < 1.29 is 28.4 Å². The molecule has 2 heterocycles. The fraction of sp³-hybridized carbons (Fsp3) is 0.704. The maximum atomic E-state index is 13.7. The van der Waals surface area contributed by atoms with Crippen LogP contribution in [0.4, 0.5) is 4.79 Å². The summed E-state index contributed by atoms with van der Waals surface area (Å²) in [6, 6.07) is 8.80. The average molecular weight is 528 g/mol. The predicted octanol–water partition coefficient (Wildman–Crippen LogP) is 6.05. The summed E-state index contributed by atoms with van der Waals surface area (Å²) in [6.07, 6.45) is 1.83. The van der Waals surface area contributed by atoms with Crippen LogP contribution in [0.2, 0.25) is 6.32 Å². The number of azide groups is 1. The zero-order valence-electron chi connectivity index (χ0n) is 23.7. The average Bonchev–Trinajstić information content (AvgIpc) is 3.28. The van der Waals surface area contributed by atoms with Crippen LogP contribution in [0.25, 0.3) is 10.4 Å². The first kappa shape index (κ1) is 29.8. The molecule has 2 saturated heterocycles. The number of hydrogen-bond donors (Lipinski definition) is 0. The molecular formula is C27H41BN4O6. The second-order valence-electron chi connectivity index (χ2n) is 12.2. The Morgan fingerprint density at radius 3 is 2.34 bits per heavy atom. The van der Waals surface area contributed by atoms with Crippen molar-refractivity contribution in [3.8, 4) is 0 Å². The van der Waals surface area contributed by atoms with Crippen LogP contribution in [0.3, 0.4) is 0 Å². The summed E-state index contributed by atoms with van der Waals surface area (Å²) < 4.78 is 23.6. The van der Waals surface area contributed by atoms with Crippen LogP contribution in [0.1, 0.15) is 79.7 Å². The number of rotatable bonds is 9. The predicted molar refractivity (Wildman–Crippen MR) is 144 cm³/mol. The maximum absolute atomic E-state index is 13.7. The number of unbranched alkanes of at least 4 members (excludes halogenated alkanes) is 1. The van der Waals surface area contributed by atoms with Crippen molar-refractivity contribution >= 4 is 19.2 Å². The number of nitrogens with zero attached hydrogens (tertiary/aromatic N) is 4. The van der Waals surface area contributed by atoms with Gasteiger partial charge in [0.05, 0.1) is 17.2 Å². The molecule has 0 bridgehead atoms. The Balaban J connectivity index is 1.79. The quantitative estimate of drug-likeness (QED) is 0.0960. The second kappa shape index (κ2) is 11.6. The van der Waals surface area contributed by atoms with Gasteiger partial charge >= 0.3 is 19.2 Å². The van der Waals surface area contributed by atoms with Crippen LogP contribution in [-0.2, 0) is 30.2 Å². The number of carbonyl (C=O) groups is 2. The molecule has 2 atom stereocenters. The minimum absolute atomic E-state index is 0.0731. The Hall–Kier alpha value is -2.75. The van der Waals surface area contributed by atoms with Gasteiger partial charge in [-0.25, -0.2) is 9.59 Å². The number of esters is 1. The Morgan fingerprint density at radius 1 is 1.13 bits per heavy atom. The fourth-order valence-electron chi connectivity index (χ4n) is 4.87. The summed E-state index contributed by atoms with van der Waals surface area (Å²) in [7, 11) is -0.345. The summed E-state index contributed by atoms with van der Waals surface area (Å²) in [5.41, 5.74) is 7.03. The van der Waals surface area contributed by atoms with E-state index in [-0.39, 0.29) is 26.7 Å². The largest absolute Gasteiger partial charge is 0.459 e. The van der Waals surface area contributed by atoms with E-state index in [0.717, 1.165) is 5.56 Å². The zero-order valence-corrected chi connectivity index (χ0v) is 23.7. The van der Waals surface area contributed by atoms with Crippen LogP contribution in [0, 0.1) is 0 Å². The number of hydrogen-bond acceptors (Lipinski definition) is 7. The molecule has 38 heavy (non-hydrogen) atoms. The monoisotopic (exact) mass is 528 g/mol. The van der Waals surface area contributed by atoms with Gasteiger partial charge in [-0.3, -0.25) is 4.90 Å². The number of amides is 1. The van der Waals surface area contributed by atoms with E-state index in [9.17, 15) is 9.59 Å². The van der Waals surface area contributed by atoms with Gasteiger partial charge < -0.3 is 18.8 Å². The first-order chi connectivity index (χ1) is 17.7. The summed E-state index contributed by atoms with van der Waals surface area (Å²) >= 11 is 0. The van der Waals surface area contributed by atoms with E-state index in [4.69, 9.17) is 24.3 Å². The molecule has 1 amide bonds. The minimum atomic E-state index is -1.31. The molecule has 2 aliphatic heterocycles. The van der Waals surface area contributed by atoms with E-state index in [1.807, 2.05) is 58.0 Å². The van der Waals surface area contributed by atoms with E-state index in [0.29, 0.717) is 25.6 Å². The summed E-state index contributed by atoms with van der Waals surface area (Å²) in [4.78, 5) is 31.4. The molecule has 208 valence electrons. The van der Waals surface area contributed by atoms with Gasteiger partial charge in [0.25, 0.3) is 0 Å². The van der Waals surface area contributed by atoms with Crippen LogP contribution in [-0.4, -0.2) is 59.0 Å². The third-order valence-corrected chi connectivity index (χ3v) is 7.49. The Morgan fingerprint density at radius 2 is 1.76 bits per heavy atom. The second-order valence-corrected chi connectivity index (χ2v) is 12.2. The first-order valence-corrected chi connectivity index (χ1v) is 13.3. The van der Waals surface area contributed by atoms with E-state index in [1.165, 1.54) is 4.90 Å². The lowest BCUT2D eigenvalue weighted by atomic mass is 9.80. The molecule has 1 aromatic rings. The lowest BCUT2D eigenvalue weighted by molar-refractivity contribution is -0.158. The highest BCUT2D eigenvalue weighted by atomic mass is 16.7. The van der Waals surface area contributed by atoms with Crippen molar-refractivity contribution in [2.75, 3.05) is 6.54 Å². The molecule has 0 aliphatic carbocycles. The Bertz CT molecular complexity index is 1020. The SMILES string of the molecule is CC(C)(C)OC(=O)N1C[C@H](N=[N+]=[N-])CC1(CCCCB1OC(C)(C)C(C)(C)O1)C(=O)OCc1ccccc1. The van der Waals surface area contributed by atoms with Crippen LogP contribution < -0.4 is 0 Å². The number of carbonyl (C=O) groups excluding carboxylic acids is 2. The lowest BCUT2D eigenvalue weighted by Crippen LogP contribution is -2.55. The standard InChI is InChI=1S/C27H41BN4O6/c1-24(2,3)36-23(34)32-18-21(30-31-29)17-27(32,22(33)35-19-20-13-9-8-10-14-20)15-11-12-16-28-37-25(4,5)26(6,7)38-28/h8-10,13-14,21H,11-12,15-19H2,1-7H3/t21-,27?/m1/s1. The smallest absolute Gasteiger partial charge is 0.457 e. The van der Waals surface area contributed by atoms with Crippen LogP contribution in [0.5, 0.6) is 0 Å². The Labute approximate surface area is 226 Å². The molecular weight excluding hydrogens is 487 g/mol. The molecule has 11 heteroatoms. The third kappa shape index (κ3) is 7.01. The molecule has 0 saturated carbocycles. The van der Waals surface area contributed by atoms with Crippen molar-refractivity contribution in [1.29, 1.82) is 0 Å². The summed E-state index contributed by atoms with van der Waals surface area (Å²) in [6.45, 7) is 13.5. The van der Waals surface area contributed by atoms with Gasteiger partial charge in [0.1, 0.15) is 17.7 Å². The van der Waals surface area contributed by atoms with Crippen molar-refractivity contribution in [2.24, 2.45) is 5.11 Å². The molecule has 2 aliphatic rings. The van der Waals surface area contributed by atoms with Crippen molar-refractivity contribution in [3.63, 3.8) is 0 Å². The van der Waals surface area contributed by atoms with Gasteiger partial charge in [-0.15, -0.1) is 0 Å². The van der Waals surface area contributed by atoms with Crippen LogP contribution in [0.15, 0.2) is 35.4 Å². The van der Waals surface area contributed by atoms with Crippen molar-refractivity contribution in [1.82, 2.24) is 4.90 Å². The zero-order chi connectivity index (χ0) is 28.2. The highest BCUT2D eigenvalue weighted by molar-refractivity contribution is 6.45. The molecule has 0 spiro atoms. The van der Waals surface area contributed by atoms with Gasteiger partial charge in [0.15, 0.2) is 0 Å². The first-order valence-electron chi connectivity index (χ1n) is 13.3. The molecule has 3 rings (SSSR count). The molecule has 1 unspecified atom stereocenters. The molecule has 0 N–H and O–H groups in total. The fourth-order valence-corrected chi connectivity index (χ4v) is 4.87. The van der Waals surface area contributed by atoms with E-state index < -0.39 is 40.4 Å². The lowest BCUT2D eigenvalue weighted by Gasteiger charge is -2.37. The van der Waals surface area contributed by atoms with Gasteiger partial charge in [0.2, 0.25) is 0 Å². The minimum Gasteiger partial charge on any atom is -0.459 e. The van der Waals surface area contributed by atoms with Crippen molar-refractivity contribution in [3.05, 3.63) is 46.3 Å². The highest BCUT2D eigenvalue weighted by Crippen LogP contribution is 2.40. The van der Waals surface area contributed by atoms with E-state index in [1.54, 1.807) is 20.8 Å². The number of ether oxygens (including phenoxy) is 2. The molecule has 10 nitrogen and oxygen atoms in total. The maximum Gasteiger partial charge on any atom is 0.457 e. The van der Waals surface area contributed by atoms with E-state index in [2.05, 4.69) is 10.0 Å². The Kier molecular flexibility index (Phi) is 9.06. The molecule has 2 fully saturated rings. The van der Waals surface area contributed by atoms with E-state index >= 15 is 0 Å². The van der Waals surface area contributed by atoms with Gasteiger partial charge in [-0.2, -0.15) is 0 Å². The van der Waals surface area contributed by atoms with Crippen LogP contribution >= 0.6 is 0 Å².